The van der Waals surface area contributed by atoms with Crippen LogP contribution in [0.1, 0.15) is 32.1 Å². The number of nitrogens with zero attached hydrogens (tertiary/aromatic N) is 2. The van der Waals surface area contributed by atoms with Gasteiger partial charge in [0.25, 0.3) is 0 Å². The van der Waals surface area contributed by atoms with Crippen LogP contribution >= 0.6 is 0 Å². The van der Waals surface area contributed by atoms with Gasteiger partial charge in [0.15, 0.2) is 0 Å². The summed E-state index contributed by atoms with van der Waals surface area (Å²) in [5, 5.41) is 1.09. The number of anilines is 2. The van der Waals surface area contributed by atoms with E-state index >= 15 is 0 Å². The van der Waals surface area contributed by atoms with E-state index in [1.54, 1.807) is 0 Å². The van der Waals surface area contributed by atoms with Gasteiger partial charge < -0.3 is 10.6 Å². The first-order valence-corrected chi connectivity index (χ1v) is 7.74. The summed E-state index contributed by atoms with van der Waals surface area (Å²) in [6.45, 7) is 1.17. The third-order valence-electron chi connectivity index (χ3n) is 5.10. The second-order valence-corrected chi connectivity index (χ2v) is 6.17. The summed E-state index contributed by atoms with van der Waals surface area (Å²) in [5.74, 6) is 0.889. The van der Waals surface area contributed by atoms with Gasteiger partial charge >= 0.3 is 0 Å². The normalized spacial score (nSPS) is 25.9. The van der Waals surface area contributed by atoms with Gasteiger partial charge in [-0.05, 0) is 49.4 Å². The molecule has 20 heavy (non-hydrogen) atoms. The lowest BCUT2D eigenvalue weighted by atomic mass is 9.85. The minimum Gasteiger partial charge on any atom is -0.398 e. The fourth-order valence-corrected chi connectivity index (χ4v) is 4.12. The SMILES string of the molecule is Nc1ccc(N2CCC3CCCCC32)c2ncccc12. The summed E-state index contributed by atoms with van der Waals surface area (Å²) < 4.78 is 0. The fourth-order valence-electron chi connectivity index (χ4n) is 4.12. The average Bonchev–Trinajstić information content (AvgIpc) is 2.92. The Labute approximate surface area is 119 Å². The lowest BCUT2D eigenvalue weighted by Crippen LogP contribution is -2.34. The molecule has 1 aromatic carbocycles. The molecule has 1 aromatic heterocycles. The smallest absolute Gasteiger partial charge is 0.0956 e. The summed E-state index contributed by atoms with van der Waals surface area (Å²) in [6.07, 6.45) is 8.74. The molecule has 2 unspecified atom stereocenters. The van der Waals surface area contributed by atoms with Crippen molar-refractivity contribution in [3.8, 4) is 0 Å². The number of pyridine rings is 1. The predicted molar refractivity (Wildman–Crippen MR) is 83.9 cm³/mol. The molecule has 104 valence electrons. The van der Waals surface area contributed by atoms with E-state index in [0.29, 0.717) is 0 Å². The van der Waals surface area contributed by atoms with Crippen molar-refractivity contribution in [3.63, 3.8) is 0 Å². The Morgan fingerprint density at radius 1 is 1.10 bits per heavy atom. The number of aromatic nitrogens is 1. The highest BCUT2D eigenvalue weighted by Gasteiger charge is 2.36. The van der Waals surface area contributed by atoms with E-state index in [0.717, 1.165) is 28.6 Å². The quantitative estimate of drug-likeness (QED) is 0.803. The van der Waals surface area contributed by atoms with Crippen molar-refractivity contribution in [3.05, 3.63) is 30.5 Å². The Hall–Kier alpha value is -1.77. The Morgan fingerprint density at radius 3 is 2.95 bits per heavy atom. The minimum atomic E-state index is 0.720. The first kappa shape index (κ1) is 12.0. The molecule has 0 bridgehead atoms. The van der Waals surface area contributed by atoms with E-state index in [2.05, 4.69) is 22.0 Å². The predicted octanol–water partition coefficient (Wildman–Crippen LogP) is 3.59. The lowest BCUT2D eigenvalue weighted by Gasteiger charge is -2.33. The van der Waals surface area contributed by atoms with Gasteiger partial charge in [-0.25, -0.2) is 0 Å². The molecule has 1 aliphatic heterocycles. The molecule has 1 aliphatic carbocycles. The van der Waals surface area contributed by atoms with Gasteiger partial charge in [0.05, 0.1) is 11.2 Å². The third-order valence-corrected chi connectivity index (χ3v) is 5.10. The zero-order valence-electron chi connectivity index (χ0n) is 11.8. The van der Waals surface area contributed by atoms with Crippen molar-refractivity contribution in [1.29, 1.82) is 0 Å². The Bertz CT molecular complexity index is 637. The van der Waals surface area contributed by atoms with Crippen LogP contribution in [0.25, 0.3) is 10.9 Å². The van der Waals surface area contributed by atoms with Crippen LogP contribution < -0.4 is 10.6 Å². The van der Waals surface area contributed by atoms with Crippen molar-refractivity contribution in [2.75, 3.05) is 17.2 Å². The van der Waals surface area contributed by atoms with Gasteiger partial charge in [0, 0.05) is 29.9 Å². The molecule has 3 nitrogen and oxygen atoms in total. The molecule has 0 amide bonds. The first-order valence-electron chi connectivity index (χ1n) is 7.74. The molecule has 2 heterocycles. The molecule has 0 radical (unpaired) electrons. The van der Waals surface area contributed by atoms with Crippen molar-refractivity contribution >= 4 is 22.3 Å². The largest absolute Gasteiger partial charge is 0.398 e. The fraction of sp³-hybridized carbons (Fsp3) is 0.471. The summed E-state index contributed by atoms with van der Waals surface area (Å²) in [4.78, 5) is 7.20. The van der Waals surface area contributed by atoms with E-state index in [4.69, 9.17) is 5.73 Å². The van der Waals surface area contributed by atoms with Crippen LogP contribution in [0.2, 0.25) is 0 Å². The van der Waals surface area contributed by atoms with E-state index in [1.807, 2.05) is 18.3 Å². The number of nitrogen functional groups attached to an aromatic ring is 1. The molecule has 0 spiro atoms. The zero-order valence-corrected chi connectivity index (χ0v) is 11.8. The third kappa shape index (κ3) is 1.76. The molecule has 2 aromatic rings. The molecular formula is C17H21N3. The van der Waals surface area contributed by atoms with E-state index in [9.17, 15) is 0 Å². The molecular weight excluding hydrogens is 246 g/mol. The number of nitrogens with two attached hydrogens (primary N) is 1. The van der Waals surface area contributed by atoms with Crippen molar-refractivity contribution < 1.29 is 0 Å². The standard InChI is InChI=1S/C17H21N3/c18-14-7-8-16(17-13(14)5-3-10-19-17)20-11-9-12-4-1-2-6-15(12)20/h3,5,7-8,10,12,15H,1-2,4,6,9,11,18H2. The highest BCUT2D eigenvalue weighted by Crippen LogP contribution is 2.41. The minimum absolute atomic E-state index is 0.720. The topological polar surface area (TPSA) is 42.1 Å². The molecule has 1 saturated heterocycles. The number of hydrogen-bond acceptors (Lipinski definition) is 3. The van der Waals surface area contributed by atoms with Gasteiger partial charge in [-0.3, -0.25) is 4.98 Å². The summed E-state index contributed by atoms with van der Waals surface area (Å²) >= 11 is 0. The van der Waals surface area contributed by atoms with Crippen LogP contribution in [0.4, 0.5) is 11.4 Å². The highest BCUT2D eigenvalue weighted by molar-refractivity contribution is 5.98. The monoisotopic (exact) mass is 267 g/mol. The van der Waals surface area contributed by atoms with Gasteiger partial charge in [-0.2, -0.15) is 0 Å². The molecule has 2 atom stereocenters. The van der Waals surface area contributed by atoms with Crippen molar-refractivity contribution in [1.82, 2.24) is 4.98 Å². The summed E-state index contributed by atoms with van der Waals surface area (Å²) in [7, 11) is 0. The first-order chi connectivity index (χ1) is 9.84. The van der Waals surface area contributed by atoms with Crippen LogP contribution in [0.5, 0.6) is 0 Å². The Balaban J connectivity index is 1.81. The number of rotatable bonds is 1. The zero-order chi connectivity index (χ0) is 13.5. The maximum absolute atomic E-state index is 6.10. The van der Waals surface area contributed by atoms with Crippen LogP contribution in [0, 0.1) is 5.92 Å². The molecule has 1 saturated carbocycles. The Kier molecular flexibility index (Phi) is 2.79. The summed E-state index contributed by atoms with van der Waals surface area (Å²) in [5.41, 5.74) is 9.28. The number of benzene rings is 1. The molecule has 2 fully saturated rings. The van der Waals surface area contributed by atoms with Crippen LogP contribution in [0.3, 0.4) is 0 Å². The van der Waals surface area contributed by atoms with Crippen LogP contribution in [0.15, 0.2) is 30.5 Å². The molecule has 4 rings (SSSR count). The van der Waals surface area contributed by atoms with Gasteiger partial charge in [-0.1, -0.05) is 12.8 Å². The maximum atomic E-state index is 6.10. The van der Waals surface area contributed by atoms with Crippen molar-refractivity contribution in [2.24, 2.45) is 5.92 Å². The number of fused-ring (bicyclic) bond motifs is 2. The van der Waals surface area contributed by atoms with Gasteiger partial charge in [-0.15, -0.1) is 0 Å². The maximum Gasteiger partial charge on any atom is 0.0956 e. The van der Waals surface area contributed by atoms with E-state index < -0.39 is 0 Å². The lowest BCUT2D eigenvalue weighted by molar-refractivity contribution is 0.342. The van der Waals surface area contributed by atoms with E-state index in [-0.39, 0.29) is 0 Å². The number of hydrogen-bond donors (Lipinski definition) is 1. The average molecular weight is 267 g/mol. The van der Waals surface area contributed by atoms with E-state index in [1.165, 1.54) is 44.3 Å². The van der Waals surface area contributed by atoms with Gasteiger partial charge in [0.2, 0.25) is 0 Å². The second kappa shape index (κ2) is 4.65. The second-order valence-electron chi connectivity index (χ2n) is 6.17. The summed E-state index contributed by atoms with van der Waals surface area (Å²) in [6, 6.07) is 8.97. The highest BCUT2D eigenvalue weighted by atomic mass is 15.2. The molecule has 3 heteroatoms. The Morgan fingerprint density at radius 2 is 2.00 bits per heavy atom. The molecule has 2 aliphatic rings. The van der Waals surface area contributed by atoms with Gasteiger partial charge in [0.1, 0.15) is 0 Å². The van der Waals surface area contributed by atoms with Crippen LogP contribution in [-0.4, -0.2) is 17.6 Å². The van der Waals surface area contributed by atoms with Crippen LogP contribution in [-0.2, 0) is 0 Å². The van der Waals surface area contributed by atoms with Crippen molar-refractivity contribution in [2.45, 2.75) is 38.1 Å². The molecule has 2 N–H and O–H groups in total.